The van der Waals surface area contributed by atoms with Crippen molar-refractivity contribution in [2.45, 2.75) is 27.4 Å². The van der Waals surface area contributed by atoms with Crippen LogP contribution in [0.2, 0.25) is 0 Å². The van der Waals surface area contributed by atoms with E-state index in [2.05, 4.69) is 12.1 Å². The van der Waals surface area contributed by atoms with Crippen LogP contribution in [0.25, 0.3) is 6.08 Å². The normalized spacial score (nSPS) is 15.1. The number of hydrogen-bond acceptors (Lipinski definition) is 5. The molecule has 156 valence electrons. The second kappa shape index (κ2) is 9.60. The average molecular weight is 400 g/mol. The molecule has 1 saturated heterocycles. The molecule has 7 heteroatoms. The van der Waals surface area contributed by atoms with Crippen LogP contribution in [0.4, 0.5) is 0 Å². The molecule has 2 heterocycles. The summed E-state index contributed by atoms with van der Waals surface area (Å²) in [5.41, 5.74) is 2.64. The molecule has 0 spiro atoms. The molecule has 2 aromatic rings. The maximum Gasteiger partial charge on any atom is 0.246 e. The van der Waals surface area contributed by atoms with Gasteiger partial charge >= 0.3 is 0 Å². The van der Waals surface area contributed by atoms with E-state index in [1.807, 2.05) is 43.0 Å². The molecule has 1 aromatic heterocycles. The summed E-state index contributed by atoms with van der Waals surface area (Å²) in [6.45, 7) is 11.1. The van der Waals surface area contributed by atoms with E-state index in [9.17, 15) is 4.79 Å². The van der Waals surface area contributed by atoms with Crippen LogP contribution < -0.4 is 14.4 Å². The predicted octanol–water partition coefficient (Wildman–Crippen LogP) is 1.64. The number of amides is 1. The number of ether oxygens (including phenoxy) is 2. The Morgan fingerprint density at radius 2 is 2.03 bits per heavy atom. The van der Waals surface area contributed by atoms with Crippen molar-refractivity contribution >= 4 is 12.0 Å². The van der Waals surface area contributed by atoms with Gasteiger partial charge in [-0.05, 0) is 44.5 Å². The third kappa shape index (κ3) is 5.17. The predicted molar refractivity (Wildman–Crippen MR) is 110 cm³/mol. The molecule has 0 unspecified atom stereocenters. The fourth-order valence-electron chi connectivity index (χ4n) is 3.43. The number of piperazine rings is 1. The van der Waals surface area contributed by atoms with Gasteiger partial charge in [-0.25, -0.2) is 0 Å². The molecule has 0 radical (unpaired) electrons. The van der Waals surface area contributed by atoms with Gasteiger partial charge in [-0.1, -0.05) is 11.2 Å². The second-order valence-corrected chi connectivity index (χ2v) is 7.26. The highest BCUT2D eigenvalue weighted by Gasteiger charge is 2.21. The summed E-state index contributed by atoms with van der Waals surface area (Å²) < 4.78 is 16.5. The first-order chi connectivity index (χ1) is 14.0. The van der Waals surface area contributed by atoms with Crippen molar-refractivity contribution in [1.29, 1.82) is 0 Å². The number of nitrogens with one attached hydrogen (secondary N) is 1. The van der Waals surface area contributed by atoms with Crippen molar-refractivity contribution in [2.24, 2.45) is 0 Å². The van der Waals surface area contributed by atoms with Crippen molar-refractivity contribution in [3.63, 3.8) is 0 Å². The van der Waals surface area contributed by atoms with E-state index in [0.29, 0.717) is 18.1 Å². The summed E-state index contributed by atoms with van der Waals surface area (Å²) in [6.07, 6.45) is 3.46. The average Bonchev–Trinajstić information content (AvgIpc) is 3.08. The molecule has 1 N–H and O–H groups in total. The van der Waals surface area contributed by atoms with E-state index in [1.165, 1.54) is 0 Å². The number of benzene rings is 1. The molecular formula is C22H30N3O4+. The molecule has 0 atom stereocenters. The van der Waals surface area contributed by atoms with Gasteiger partial charge in [-0.15, -0.1) is 0 Å². The van der Waals surface area contributed by atoms with E-state index in [4.69, 9.17) is 14.0 Å². The zero-order valence-electron chi connectivity index (χ0n) is 17.7. The molecule has 1 fully saturated rings. The van der Waals surface area contributed by atoms with Crippen molar-refractivity contribution in [3.8, 4) is 11.5 Å². The van der Waals surface area contributed by atoms with Gasteiger partial charge in [0, 0.05) is 6.08 Å². The number of hydrogen-bond donors (Lipinski definition) is 1. The Balaban J connectivity index is 1.62. The van der Waals surface area contributed by atoms with E-state index in [0.717, 1.165) is 55.3 Å². The molecule has 1 aliphatic rings. The second-order valence-electron chi connectivity index (χ2n) is 7.26. The van der Waals surface area contributed by atoms with Crippen LogP contribution in [-0.2, 0) is 11.4 Å². The van der Waals surface area contributed by atoms with Crippen LogP contribution in [-0.4, -0.2) is 55.8 Å². The number of quaternary nitrogens is 1. The van der Waals surface area contributed by atoms with Crippen molar-refractivity contribution < 1.29 is 23.7 Å². The first-order valence-corrected chi connectivity index (χ1v) is 10.0. The zero-order chi connectivity index (χ0) is 20.8. The van der Waals surface area contributed by atoms with Crippen LogP contribution in [0.1, 0.15) is 29.5 Å². The van der Waals surface area contributed by atoms with Gasteiger partial charge in [0.25, 0.3) is 0 Å². The smallest absolute Gasteiger partial charge is 0.246 e. The van der Waals surface area contributed by atoms with E-state index in [-0.39, 0.29) is 5.91 Å². The molecular weight excluding hydrogens is 370 g/mol. The molecule has 0 aliphatic carbocycles. The number of methoxy groups -OCH3 is 1. The largest absolute Gasteiger partial charge is 0.493 e. The molecule has 7 nitrogen and oxygen atoms in total. The Morgan fingerprint density at radius 1 is 1.28 bits per heavy atom. The van der Waals surface area contributed by atoms with Crippen molar-refractivity contribution in [1.82, 2.24) is 10.1 Å². The molecule has 29 heavy (non-hydrogen) atoms. The Hall–Kier alpha value is -2.80. The number of carbonyl (C=O) groups is 1. The highest BCUT2D eigenvalue weighted by molar-refractivity contribution is 5.91. The topological polar surface area (TPSA) is 69.2 Å². The van der Waals surface area contributed by atoms with Crippen molar-refractivity contribution in [2.75, 3.05) is 39.8 Å². The number of nitrogens with zero attached hydrogens (tertiary/aromatic N) is 2. The number of carbonyl (C=O) groups excluding carboxylic acids is 1. The minimum absolute atomic E-state index is 0.0536. The highest BCUT2D eigenvalue weighted by Crippen LogP contribution is 2.30. The van der Waals surface area contributed by atoms with Crippen LogP contribution >= 0.6 is 0 Å². The number of aromatic nitrogens is 1. The summed E-state index contributed by atoms with van der Waals surface area (Å²) in [7, 11) is 1.60. The maximum atomic E-state index is 12.4. The molecule has 1 aromatic carbocycles. The molecule has 0 bridgehead atoms. The summed E-state index contributed by atoms with van der Waals surface area (Å²) in [6, 6.07) is 5.63. The quantitative estimate of drug-likeness (QED) is 0.716. The number of likely N-dealkylation sites (N-methyl/N-ethyl adjacent to an activating group) is 1. The summed E-state index contributed by atoms with van der Waals surface area (Å²) in [5, 5.41) is 3.94. The lowest BCUT2D eigenvalue weighted by atomic mass is 10.1. The SMILES string of the molecule is CC[NH+]1CCN(C(=O)/C=C/c2ccc(OCc3c(C)noc3C)c(OC)c2)CC1. The maximum absolute atomic E-state index is 12.4. The van der Waals surface area contributed by atoms with E-state index < -0.39 is 0 Å². The van der Waals surface area contributed by atoms with Gasteiger partial charge < -0.3 is 23.8 Å². The summed E-state index contributed by atoms with van der Waals surface area (Å²) >= 11 is 0. The third-order valence-electron chi connectivity index (χ3n) is 5.44. The first-order valence-electron chi connectivity index (χ1n) is 10.0. The summed E-state index contributed by atoms with van der Waals surface area (Å²) in [5.74, 6) is 2.06. The fraction of sp³-hybridized carbons (Fsp3) is 0.455. The lowest BCUT2D eigenvalue weighted by Gasteiger charge is -2.30. The lowest BCUT2D eigenvalue weighted by Crippen LogP contribution is -3.14. The fourth-order valence-corrected chi connectivity index (χ4v) is 3.43. The zero-order valence-corrected chi connectivity index (χ0v) is 17.7. The minimum Gasteiger partial charge on any atom is -0.493 e. The molecule has 3 rings (SSSR count). The van der Waals surface area contributed by atoms with Crippen LogP contribution in [0.5, 0.6) is 11.5 Å². The number of aryl methyl sites for hydroxylation is 2. The van der Waals surface area contributed by atoms with Gasteiger partial charge in [0.2, 0.25) is 5.91 Å². The summed E-state index contributed by atoms with van der Waals surface area (Å²) in [4.78, 5) is 15.9. The molecule has 1 amide bonds. The van der Waals surface area contributed by atoms with Gasteiger partial charge in [-0.2, -0.15) is 0 Å². The monoisotopic (exact) mass is 400 g/mol. The minimum atomic E-state index is 0.0536. The van der Waals surface area contributed by atoms with Gasteiger partial charge in [0.05, 0.1) is 51.1 Å². The van der Waals surface area contributed by atoms with Gasteiger partial charge in [0.1, 0.15) is 12.4 Å². The molecule has 1 aliphatic heterocycles. The lowest BCUT2D eigenvalue weighted by molar-refractivity contribution is -0.902. The first kappa shape index (κ1) is 20.9. The standard InChI is InChI=1S/C22H29N3O4/c1-5-24-10-12-25(13-11-24)22(26)9-7-18-6-8-20(21(14-18)27-4)28-15-19-16(2)23-29-17(19)3/h6-9,14H,5,10-13,15H2,1-4H3/p+1/b9-7+. The highest BCUT2D eigenvalue weighted by atomic mass is 16.5. The van der Waals surface area contributed by atoms with Crippen LogP contribution in [0.15, 0.2) is 28.8 Å². The Bertz CT molecular complexity index is 847. The van der Waals surface area contributed by atoms with Crippen LogP contribution in [0, 0.1) is 13.8 Å². The Morgan fingerprint density at radius 3 is 2.66 bits per heavy atom. The van der Waals surface area contributed by atoms with Gasteiger partial charge in [-0.3, -0.25) is 4.79 Å². The van der Waals surface area contributed by atoms with E-state index in [1.54, 1.807) is 18.1 Å². The Kier molecular flexibility index (Phi) is 6.93. The van der Waals surface area contributed by atoms with Gasteiger partial charge in [0.15, 0.2) is 11.5 Å². The molecule has 0 saturated carbocycles. The number of rotatable bonds is 7. The third-order valence-corrected chi connectivity index (χ3v) is 5.44. The Labute approximate surface area is 171 Å². The van der Waals surface area contributed by atoms with Crippen molar-refractivity contribution in [3.05, 3.63) is 46.9 Å². The van der Waals surface area contributed by atoms with Crippen LogP contribution in [0.3, 0.4) is 0 Å². The van der Waals surface area contributed by atoms with E-state index >= 15 is 0 Å².